The van der Waals surface area contributed by atoms with Gasteiger partial charge in [0.15, 0.2) is 18.9 Å². The van der Waals surface area contributed by atoms with Gasteiger partial charge in [-0.2, -0.15) is 0 Å². The average molecular weight is 186 g/mol. The molecule has 0 spiro atoms. The van der Waals surface area contributed by atoms with Crippen molar-refractivity contribution >= 4 is 0 Å². The summed E-state index contributed by atoms with van der Waals surface area (Å²) in [7, 11) is 0. The summed E-state index contributed by atoms with van der Waals surface area (Å²) in [5, 5.41) is 0. The molecule has 1 rings (SSSR count). The molecule has 0 N–H and O–H groups in total. The second kappa shape index (κ2) is 5.92. The minimum Gasteiger partial charge on any atom is -0.201 e. The maximum absolute atomic E-state index is 3.65. The van der Waals surface area contributed by atoms with Crippen LogP contribution in [0.4, 0.5) is 0 Å². The molecule has 0 atom stereocenters. The van der Waals surface area contributed by atoms with E-state index >= 15 is 0 Å². The van der Waals surface area contributed by atoms with Crippen LogP contribution in [0, 0.1) is 0 Å². The molecule has 0 radical (unpaired) electrons. The standard InChI is InChI=1S/C13H16N/c1-3-5-9-13(4-2)12-14-10-7-6-8-11-14/h3-11H,1,12H2,2H3/q+1/b9-5-,13-4+. The van der Waals surface area contributed by atoms with Gasteiger partial charge in [-0.15, -0.1) is 0 Å². The summed E-state index contributed by atoms with van der Waals surface area (Å²) < 4.78 is 2.14. The first kappa shape index (κ1) is 10.5. The topological polar surface area (TPSA) is 3.88 Å². The van der Waals surface area contributed by atoms with E-state index in [1.54, 1.807) is 6.08 Å². The third-order valence-electron chi connectivity index (χ3n) is 1.96. The molecule has 0 aliphatic rings. The molecule has 0 saturated heterocycles. The molecular weight excluding hydrogens is 170 g/mol. The highest BCUT2D eigenvalue weighted by Crippen LogP contribution is 1.96. The van der Waals surface area contributed by atoms with Crippen molar-refractivity contribution in [3.05, 3.63) is 67.0 Å². The van der Waals surface area contributed by atoms with Gasteiger partial charge in [-0.1, -0.05) is 36.9 Å². The fourth-order valence-corrected chi connectivity index (χ4v) is 1.18. The Kier molecular flexibility index (Phi) is 4.42. The summed E-state index contributed by atoms with van der Waals surface area (Å²) in [5.41, 5.74) is 1.28. The Bertz CT molecular complexity index is 334. The summed E-state index contributed by atoms with van der Waals surface area (Å²) in [4.78, 5) is 0. The van der Waals surface area contributed by atoms with E-state index in [1.807, 2.05) is 31.2 Å². The van der Waals surface area contributed by atoms with Gasteiger partial charge >= 0.3 is 0 Å². The third kappa shape index (κ3) is 3.40. The Morgan fingerprint density at radius 3 is 2.57 bits per heavy atom. The number of nitrogens with zero attached hydrogens (tertiary/aromatic N) is 1. The fraction of sp³-hybridized carbons (Fsp3) is 0.154. The van der Waals surface area contributed by atoms with Gasteiger partial charge in [0.25, 0.3) is 0 Å². The van der Waals surface area contributed by atoms with Gasteiger partial charge in [-0.05, 0) is 6.92 Å². The SMILES string of the molecule is C=C/C=C\C(=C/C)C[n+]1ccccc1. The van der Waals surface area contributed by atoms with Crippen LogP contribution < -0.4 is 4.57 Å². The molecule has 0 aromatic carbocycles. The molecule has 0 aliphatic heterocycles. The van der Waals surface area contributed by atoms with Gasteiger partial charge in [-0.25, -0.2) is 4.57 Å². The first-order valence-corrected chi connectivity index (χ1v) is 4.75. The van der Waals surface area contributed by atoms with Gasteiger partial charge < -0.3 is 0 Å². The lowest BCUT2D eigenvalue weighted by molar-refractivity contribution is -0.688. The molecule has 0 bridgehead atoms. The highest BCUT2D eigenvalue weighted by Gasteiger charge is 1.99. The molecule has 1 nitrogen and oxygen atoms in total. The second-order valence-corrected chi connectivity index (χ2v) is 3.01. The molecule has 0 saturated carbocycles. The molecule has 72 valence electrons. The number of hydrogen-bond acceptors (Lipinski definition) is 0. The number of pyridine rings is 1. The van der Waals surface area contributed by atoms with Crippen molar-refractivity contribution in [1.82, 2.24) is 0 Å². The van der Waals surface area contributed by atoms with Crippen molar-refractivity contribution in [1.29, 1.82) is 0 Å². The Morgan fingerprint density at radius 2 is 2.00 bits per heavy atom. The first-order valence-electron chi connectivity index (χ1n) is 4.75. The van der Waals surface area contributed by atoms with Crippen molar-refractivity contribution in [3.63, 3.8) is 0 Å². The Balaban J connectivity index is 2.67. The van der Waals surface area contributed by atoms with Gasteiger partial charge in [0.1, 0.15) is 0 Å². The molecule has 1 aromatic heterocycles. The smallest absolute Gasteiger partial charge is 0.173 e. The largest absolute Gasteiger partial charge is 0.201 e. The van der Waals surface area contributed by atoms with Crippen LogP contribution >= 0.6 is 0 Å². The summed E-state index contributed by atoms with van der Waals surface area (Å²) in [6.45, 7) is 6.61. The van der Waals surface area contributed by atoms with Crippen molar-refractivity contribution in [2.24, 2.45) is 0 Å². The molecule has 1 aromatic rings. The van der Waals surface area contributed by atoms with E-state index in [2.05, 4.69) is 35.7 Å². The van der Waals surface area contributed by atoms with Crippen molar-refractivity contribution < 1.29 is 4.57 Å². The lowest BCUT2D eigenvalue weighted by Crippen LogP contribution is -2.32. The Morgan fingerprint density at radius 1 is 1.29 bits per heavy atom. The normalized spacial score (nSPS) is 11.9. The van der Waals surface area contributed by atoms with Crippen molar-refractivity contribution in [2.45, 2.75) is 13.5 Å². The van der Waals surface area contributed by atoms with Gasteiger partial charge in [0.2, 0.25) is 0 Å². The molecule has 1 heteroatoms. The zero-order valence-corrected chi connectivity index (χ0v) is 8.56. The van der Waals surface area contributed by atoms with E-state index in [0.29, 0.717) is 0 Å². The number of aromatic nitrogens is 1. The minimum absolute atomic E-state index is 0.904. The summed E-state index contributed by atoms with van der Waals surface area (Å²) in [6.07, 6.45) is 12.1. The van der Waals surface area contributed by atoms with Gasteiger partial charge in [0.05, 0.1) is 0 Å². The van der Waals surface area contributed by atoms with Gasteiger partial charge in [-0.3, -0.25) is 0 Å². The van der Waals surface area contributed by atoms with E-state index in [9.17, 15) is 0 Å². The molecular formula is C13H16N+. The van der Waals surface area contributed by atoms with E-state index in [1.165, 1.54) is 5.57 Å². The van der Waals surface area contributed by atoms with Crippen molar-refractivity contribution in [3.8, 4) is 0 Å². The van der Waals surface area contributed by atoms with Crippen LogP contribution in [0.1, 0.15) is 6.92 Å². The molecule has 0 amide bonds. The van der Waals surface area contributed by atoms with Crippen LogP contribution in [0.5, 0.6) is 0 Å². The monoisotopic (exact) mass is 186 g/mol. The molecule has 0 fully saturated rings. The van der Waals surface area contributed by atoms with Gasteiger partial charge in [0, 0.05) is 17.7 Å². The maximum atomic E-state index is 3.65. The zero-order chi connectivity index (χ0) is 10.2. The van der Waals surface area contributed by atoms with Crippen LogP contribution in [-0.4, -0.2) is 0 Å². The molecule has 0 unspecified atom stereocenters. The van der Waals surface area contributed by atoms with Crippen LogP contribution in [-0.2, 0) is 6.54 Å². The highest BCUT2D eigenvalue weighted by molar-refractivity contribution is 5.19. The quantitative estimate of drug-likeness (QED) is 0.503. The van der Waals surface area contributed by atoms with Crippen LogP contribution in [0.15, 0.2) is 67.0 Å². The Hall–Kier alpha value is -1.63. The van der Waals surface area contributed by atoms with E-state index in [4.69, 9.17) is 0 Å². The predicted octanol–water partition coefficient (Wildman–Crippen LogP) is 2.66. The third-order valence-corrected chi connectivity index (χ3v) is 1.96. The first-order chi connectivity index (χ1) is 6.86. The number of rotatable bonds is 4. The highest BCUT2D eigenvalue weighted by atomic mass is 14.9. The van der Waals surface area contributed by atoms with Crippen LogP contribution in [0.3, 0.4) is 0 Å². The van der Waals surface area contributed by atoms with E-state index in [-0.39, 0.29) is 0 Å². The number of hydrogen-bond donors (Lipinski definition) is 0. The molecule has 14 heavy (non-hydrogen) atoms. The summed E-state index contributed by atoms with van der Waals surface area (Å²) in [5.74, 6) is 0. The molecule has 0 aliphatic carbocycles. The average Bonchev–Trinajstić information content (AvgIpc) is 2.25. The summed E-state index contributed by atoms with van der Waals surface area (Å²) >= 11 is 0. The number of allylic oxidation sites excluding steroid dienone is 5. The van der Waals surface area contributed by atoms with E-state index in [0.717, 1.165) is 6.54 Å². The van der Waals surface area contributed by atoms with Crippen LogP contribution in [0.2, 0.25) is 0 Å². The maximum Gasteiger partial charge on any atom is 0.173 e. The van der Waals surface area contributed by atoms with Crippen molar-refractivity contribution in [2.75, 3.05) is 0 Å². The predicted molar refractivity (Wildman–Crippen MR) is 59.7 cm³/mol. The Labute approximate surface area is 85.7 Å². The molecule has 1 heterocycles. The van der Waals surface area contributed by atoms with Crippen LogP contribution in [0.25, 0.3) is 0 Å². The lowest BCUT2D eigenvalue weighted by Gasteiger charge is -1.96. The van der Waals surface area contributed by atoms with E-state index < -0.39 is 0 Å². The second-order valence-electron chi connectivity index (χ2n) is 3.01. The fourth-order valence-electron chi connectivity index (χ4n) is 1.18. The minimum atomic E-state index is 0.904. The summed E-state index contributed by atoms with van der Waals surface area (Å²) in [6, 6.07) is 6.08. The zero-order valence-electron chi connectivity index (χ0n) is 8.56. The lowest BCUT2D eigenvalue weighted by atomic mass is 10.2.